The molecule has 1 aromatic carbocycles. The quantitative estimate of drug-likeness (QED) is 0.690. The Kier molecular flexibility index (Phi) is 2.76. The lowest BCUT2D eigenvalue weighted by Gasteiger charge is -2.06. The number of hydrogen-bond acceptors (Lipinski definition) is 3. The highest BCUT2D eigenvalue weighted by molar-refractivity contribution is 6.30. The normalized spacial score (nSPS) is 13.9. The minimum absolute atomic E-state index is 0.502. The van der Waals surface area contributed by atoms with Crippen LogP contribution in [0.25, 0.3) is 17.0 Å². The van der Waals surface area contributed by atoms with Crippen LogP contribution >= 0.6 is 11.6 Å². The average Bonchev–Trinajstić information content (AvgIpc) is 3.10. The second kappa shape index (κ2) is 4.53. The number of aromatic nitrogens is 4. The first-order chi connectivity index (χ1) is 10.1. The molecule has 2 aromatic heterocycles. The Hall–Kier alpha value is -1.94. The van der Waals surface area contributed by atoms with Crippen LogP contribution in [-0.4, -0.2) is 19.8 Å². The van der Waals surface area contributed by atoms with E-state index in [-0.39, 0.29) is 0 Å². The molecule has 0 radical (unpaired) electrons. The maximum atomic E-state index is 6.22. The fourth-order valence-corrected chi connectivity index (χ4v) is 3.20. The first kappa shape index (κ1) is 12.8. The van der Waals surface area contributed by atoms with Gasteiger partial charge >= 0.3 is 0 Å². The molecule has 0 amide bonds. The maximum Gasteiger partial charge on any atom is 0.185 e. The minimum Gasteiger partial charge on any atom is -0.191 e. The molecule has 1 aliphatic carbocycles. The second-order valence-electron chi connectivity index (χ2n) is 5.64. The monoisotopic (exact) mass is 298 g/mol. The van der Waals surface area contributed by atoms with Crippen LogP contribution < -0.4 is 0 Å². The van der Waals surface area contributed by atoms with Crippen LogP contribution in [0.4, 0.5) is 0 Å². The molecular weight excluding hydrogens is 284 g/mol. The molecule has 0 spiro atoms. The molecule has 0 unspecified atom stereocenters. The molecule has 0 aliphatic heterocycles. The number of aryl methyl sites for hydroxylation is 3. The SMILES string of the molecule is Cc1c(Cl)nn2c(-c3ccc4c(c3)CCC4)nnc2c1C. The fourth-order valence-electron chi connectivity index (χ4n) is 2.98. The molecule has 4 nitrogen and oxygen atoms in total. The van der Waals surface area contributed by atoms with Crippen LogP contribution in [0, 0.1) is 13.8 Å². The zero-order chi connectivity index (χ0) is 14.6. The molecule has 0 fully saturated rings. The van der Waals surface area contributed by atoms with Crippen LogP contribution in [0.3, 0.4) is 0 Å². The van der Waals surface area contributed by atoms with Crippen molar-refractivity contribution in [2.24, 2.45) is 0 Å². The Labute approximate surface area is 127 Å². The van der Waals surface area contributed by atoms with Crippen molar-refractivity contribution in [1.29, 1.82) is 0 Å². The fraction of sp³-hybridized carbons (Fsp3) is 0.312. The van der Waals surface area contributed by atoms with Crippen molar-refractivity contribution in [2.75, 3.05) is 0 Å². The molecule has 0 saturated carbocycles. The molecule has 21 heavy (non-hydrogen) atoms. The van der Waals surface area contributed by atoms with Crippen molar-refractivity contribution in [1.82, 2.24) is 19.8 Å². The smallest absolute Gasteiger partial charge is 0.185 e. The van der Waals surface area contributed by atoms with Crippen molar-refractivity contribution in [3.8, 4) is 11.4 Å². The standard InChI is InChI=1S/C16H15ClN4/c1-9-10(2)15-18-19-16(21(15)20-14(9)17)13-7-6-11-4-3-5-12(11)8-13/h6-8H,3-5H2,1-2H3. The minimum atomic E-state index is 0.502. The van der Waals surface area contributed by atoms with Gasteiger partial charge in [-0.2, -0.15) is 9.61 Å². The zero-order valence-electron chi connectivity index (χ0n) is 12.0. The zero-order valence-corrected chi connectivity index (χ0v) is 12.8. The molecule has 0 atom stereocenters. The summed E-state index contributed by atoms with van der Waals surface area (Å²) in [6, 6.07) is 6.51. The number of hydrogen-bond donors (Lipinski definition) is 0. The lowest BCUT2D eigenvalue weighted by Crippen LogP contribution is -2.00. The van der Waals surface area contributed by atoms with Gasteiger partial charge < -0.3 is 0 Å². The van der Waals surface area contributed by atoms with Crippen LogP contribution in [0.15, 0.2) is 18.2 Å². The van der Waals surface area contributed by atoms with Gasteiger partial charge in [0.1, 0.15) is 0 Å². The first-order valence-corrected chi connectivity index (χ1v) is 7.53. The summed E-state index contributed by atoms with van der Waals surface area (Å²) in [6.07, 6.45) is 3.56. The van der Waals surface area contributed by atoms with E-state index in [1.165, 1.54) is 24.0 Å². The van der Waals surface area contributed by atoms with Crippen LogP contribution in [0.1, 0.15) is 28.7 Å². The van der Waals surface area contributed by atoms with Crippen molar-refractivity contribution in [2.45, 2.75) is 33.1 Å². The maximum absolute atomic E-state index is 6.22. The van der Waals surface area contributed by atoms with Gasteiger partial charge in [0.25, 0.3) is 0 Å². The Morgan fingerprint density at radius 1 is 1.05 bits per heavy atom. The van der Waals surface area contributed by atoms with E-state index in [9.17, 15) is 0 Å². The van der Waals surface area contributed by atoms with E-state index in [0.29, 0.717) is 5.15 Å². The van der Waals surface area contributed by atoms with Crippen LogP contribution in [-0.2, 0) is 12.8 Å². The number of benzene rings is 1. The van der Waals surface area contributed by atoms with E-state index in [1.807, 2.05) is 13.8 Å². The highest BCUT2D eigenvalue weighted by Gasteiger charge is 2.17. The third kappa shape index (κ3) is 1.86. The summed E-state index contributed by atoms with van der Waals surface area (Å²) in [7, 11) is 0. The number of halogens is 1. The predicted octanol–water partition coefficient (Wildman–Crippen LogP) is 3.55. The lowest BCUT2D eigenvalue weighted by molar-refractivity contribution is 0.911. The Morgan fingerprint density at radius 3 is 2.71 bits per heavy atom. The summed E-state index contributed by atoms with van der Waals surface area (Å²) < 4.78 is 1.75. The van der Waals surface area contributed by atoms with Gasteiger partial charge in [-0.1, -0.05) is 23.7 Å². The van der Waals surface area contributed by atoms with Gasteiger partial charge in [-0.25, -0.2) is 0 Å². The second-order valence-corrected chi connectivity index (χ2v) is 5.99. The Balaban J connectivity index is 1.95. The summed E-state index contributed by atoms with van der Waals surface area (Å²) >= 11 is 6.22. The largest absolute Gasteiger partial charge is 0.191 e. The molecule has 1 aliphatic rings. The van der Waals surface area contributed by atoms with Gasteiger partial charge in [0.15, 0.2) is 16.6 Å². The van der Waals surface area contributed by atoms with Gasteiger partial charge in [-0.05, 0) is 55.9 Å². The first-order valence-electron chi connectivity index (χ1n) is 7.15. The number of nitrogens with zero attached hydrogens (tertiary/aromatic N) is 4. The molecule has 2 heterocycles. The van der Waals surface area contributed by atoms with Gasteiger partial charge in [0.2, 0.25) is 0 Å². The highest BCUT2D eigenvalue weighted by atomic mass is 35.5. The molecule has 106 valence electrons. The molecular formula is C16H15ClN4. The van der Waals surface area contributed by atoms with Gasteiger partial charge in [-0.3, -0.25) is 0 Å². The molecule has 5 heteroatoms. The summed E-state index contributed by atoms with van der Waals surface area (Å²) in [5, 5.41) is 13.5. The van der Waals surface area contributed by atoms with E-state index in [4.69, 9.17) is 11.6 Å². The predicted molar refractivity (Wildman–Crippen MR) is 82.7 cm³/mol. The van der Waals surface area contributed by atoms with E-state index < -0.39 is 0 Å². The lowest BCUT2D eigenvalue weighted by atomic mass is 10.1. The van der Waals surface area contributed by atoms with Crippen LogP contribution in [0.5, 0.6) is 0 Å². The molecule has 4 rings (SSSR count). The highest BCUT2D eigenvalue weighted by Crippen LogP contribution is 2.28. The van der Waals surface area contributed by atoms with E-state index in [1.54, 1.807) is 4.52 Å². The van der Waals surface area contributed by atoms with Crippen molar-refractivity contribution in [3.63, 3.8) is 0 Å². The van der Waals surface area contributed by atoms with Crippen LogP contribution in [0.2, 0.25) is 5.15 Å². The van der Waals surface area contributed by atoms with Gasteiger partial charge in [0, 0.05) is 11.1 Å². The van der Waals surface area contributed by atoms with Crippen molar-refractivity contribution >= 4 is 17.2 Å². The third-order valence-corrected chi connectivity index (χ3v) is 4.75. The van der Waals surface area contributed by atoms with Gasteiger partial charge in [0.05, 0.1) is 0 Å². The Morgan fingerprint density at radius 2 is 1.86 bits per heavy atom. The van der Waals surface area contributed by atoms with E-state index in [0.717, 1.165) is 34.6 Å². The van der Waals surface area contributed by atoms with Gasteiger partial charge in [-0.15, -0.1) is 10.2 Å². The van der Waals surface area contributed by atoms with E-state index in [2.05, 4.69) is 33.5 Å². The molecule has 0 bridgehead atoms. The average molecular weight is 299 g/mol. The summed E-state index contributed by atoms with van der Waals surface area (Å²) in [5.41, 5.74) is 6.67. The molecule has 0 saturated heterocycles. The van der Waals surface area contributed by atoms with Crippen molar-refractivity contribution < 1.29 is 0 Å². The number of fused-ring (bicyclic) bond motifs is 2. The summed E-state index contributed by atoms with van der Waals surface area (Å²) in [6.45, 7) is 3.95. The summed E-state index contributed by atoms with van der Waals surface area (Å²) in [4.78, 5) is 0. The molecule has 3 aromatic rings. The Bertz CT molecular complexity index is 866. The molecule has 0 N–H and O–H groups in total. The van der Waals surface area contributed by atoms with E-state index >= 15 is 0 Å². The number of rotatable bonds is 1. The van der Waals surface area contributed by atoms with Crippen molar-refractivity contribution in [3.05, 3.63) is 45.6 Å². The third-order valence-electron chi connectivity index (χ3n) is 4.39. The topological polar surface area (TPSA) is 43.1 Å². The summed E-state index contributed by atoms with van der Waals surface area (Å²) in [5.74, 6) is 0.754.